The van der Waals surface area contributed by atoms with Gasteiger partial charge in [-0.25, -0.2) is 5.06 Å². The molecule has 0 unspecified atom stereocenters. The molecule has 3 atom stereocenters. The van der Waals surface area contributed by atoms with Crippen LogP contribution in [-0.2, 0) is 19.1 Å². The van der Waals surface area contributed by atoms with E-state index in [1.54, 1.807) is 0 Å². The molecule has 23 heavy (non-hydrogen) atoms. The lowest BCUT2D eigenvalue weighted by molar-refractivity contribution is -0.189. The summed E-state index contributed by atoms with van der Waals surface area (Å²) in [5, 5.41) is 1.51. The van der Waals surface area contributed by atoms with Gasteiger partial charge in [-0.2, -0.15) is 0 Å². The van der Waals surface area contributed by atoms with Crippen molar-refractivity contribution in [3.8, 4) is 0 Å². The zero-order valence-electron chi connectivity index (χ0n) is 13.8. The van der Waals surface area contributed by atoms with Crippen LogP contribution in [0.4, 0.5) is 0 Å². The molecular weight excluding hydrogens is 296 g/mol. The zero-order valence-corrected chi connectivity index (χ0v) is 13.8. The second-order valence-corrected chi connectivity index (χ2v) is 7.27. The van der Waals surface area contributed by atoms with Crippen molar-refractivity contribution in [1.82, 2.24) is 9.96 Å². The van der Waals surface area contributed by atoms with Gasteiger partial charge in [-0.05, 0) is 44.4 Å². The van der Waals surface area contributed by atoms with E-state index in [1.807, 2.05) is 0 Å². The van der Waals surface area contributed by atoms with Crippen LogP contribution in [0.2, 0.25) is 0 Å². The SMILES string of the molecule is O=C([C@@H]1CC[C@H]2[C@H](CCN2CC2CCOCC2)O1)N1CCCO1. The topological polar surface area (TPSA) is 51.2 Å². The van der Waals surface area contributed by atoms with Gasteiger partial charge in [0.25, 0.3) is 5.91 Å². The number of hydroxylamine groups is 2. The minimum Gasteiger partial charge on any atom is -0.381 e. The minimum absolute atomic E-state index is 0.0313. The Bertz CT molecular complexity index is 421. The third kappa shape index (κ3) is 3.40. The molecule has 4 aliphatic heterocycles. The van der Waals surface area contributed by atoms with Crippen molar-refractivity contribution in [2.75, 3.05) is 39.5 Å². The molecule has 0 spiro atoms. The van der Waals surface area contributed by atoms with E-state index in [0.29, 0.717) is 19.2 Å². The van der Waals surface area contributed by atoms with E-state index >= 15 is 0 Å². The van der Waals surface area contributed by atoms with Gasteiger partial charge in [-0.15, -0.1) is 0 Å². The number of nitrogens with zero attached hydrogens (tertiary/aromatic N) is 2. The summed E-state index contributed by atoms with van der Waals surface area (Å²) in [6.07, 6.45) is 6.17. The highest BCUT2D eigenvalue weighted by Gasteiger charge is 2.43. The predicted molar refractivity (Wildman–Crippen MR) is 83.7 cm³/mol. The lowest BCUT2D eigenvalue weighted by Gasteiger charge is -2.37. The van der Waals surface area contributed by atoms with Gasteiger partial charge in [0.1, 0.15) is 6.10 Å². The van der Waals surface area contributed by atoms with Crippen LogP contribution in [-0.4, -0.2) is 73.6 Å². The third-order valence-corrected chi connectivity index (χ3v) is 5.77. The van der Waals surface area contributed by atoms with Crippen molar-refractivity contribution in [3.05, 3.63) is 0 Å². The van der Waals surface area contributed by atoms with Gasteiger partial charge in [0.15, 0.2) is 0 Å². The Morgan fingerprint density at radius 1 is 1.00 bits per heavy atom. The highest BCUT2D eigenvalue weighted by molar-refractivity contribution is 5.80. The Morgan fingerprint density at radius 3 is 2.65 bits per heavy atom. The standard InChI is InChI=1S/C17H28N2O4/c20-17(19-7-1-9-22-19)16-3-2-14-15(23-16)4-8-18(14)12-13-5-10-21-11-6-13/h13-16H,1-12H2/t14-,15-,16-/m0/s1. The number of fused-ring (bicyclic) bond motifs is 1. The van der Waals surface area contributed by atoms with Crippen molar-refractivity contribution < 1.29 is 19.1 Å². The first-order valence-corrected chi connectivity index (χ1v) is 9.23. The van der Waals surface area contributed by atoms with Gasteiger partial charge >= 0.3 is 0 Å². The van der Waals surface area contributed by atoms with Crippen LogP contribution in [0.25, 0.3) is 0 Å². The summed E-state index contributed by atoms with van der Waals surface area (Å²) >= 11 is 0. The molecule has 1 amide bonds. The Morgan fingerprint density at radius 2 is 1.87 bits per heavy atom. The van der Waals surface area contributed by atoms with E-state index in [9.17, 15) is 4.79 Å². The van der Waals surface area contributed by atoms with Gasteiger partial charge in [0.2, 0.25) is 0 Å². The van der Waals surface area contributed by atoms with Crippen molar-refractivity contribution >= 4 is 5.91 Å². The molecule has 130 valence electrons. The second-order valence-electron chi connectivity index (χ2n) is 7.27. The largest absolute Gasteiger partial charge is 0.381 e. The molecular formula is C17H28N2O4. The molecule has 4 fully saturated rings. The number of likely N-dealkylation sites (tertiary alicyclic amines) is 1. The molecule has 0 aromatic heterocycles. The lowest BCUT2D eigenvalue weighted by Crippen LogP contribution is -2.49. The molecule has 6 heteroatoms. The number of amides is 1. The minimum atomic E-state index is -0.294. The van der Waals surface area contributed by atoms with Crippen LogP contribution < -0.4 is 0 Å². The highest BCUT2D eigenvalue weighted by atomic mass is 16.7. The first-order valence-electron chi connectivity index (χ1n) is 9.23. The van der Waals surface area contributed by atoms with Gasteiger partial charge in [0, 0.05) is 32.3 Å². The summed E-state index contributed by atoms with van der Waals surface area (Å²) in [4.78, 5) is 20.4. The summed E-state index contributed by atoms with van der Waals surface area (Å²) in [7, 11) is 0. The highest BCUT2D eigenvalue weighted by Crippen LogP contribution is 2.33. The Balaban J connectivity index is 1.30. The summed E-state index contributed by atoms with van der Waals surface area (Å²) in [5.74, 6) is 0.795. The van der Waals surface area contributed by atoms with E-state index < -0.39 is 0 Å². The fraction of sp³-hybridized carbons (Fsp3) is 0.941. The average Bonchev–Trinajstić information content (AvgIpc) is 3.25. The summed E-state index contributed by atoms with van der Waals surface area (Å²) < 4.78 is 11.6. The monoisotopic (exact) mass is 324 g/mol. The van der Waals surface area contributed by atoms with Crippen LogP contribution >= 0.6 is 0 Å². The fourth-order valence-corrected chi connectivity index (χ4v) is 4.47. The molecule has 4 rings (SSSR count). The summed E-state index contributed by atoms with van der Waals surface area (Å²) in [6, 6.07) is 0.501. The molecule has 0 bridgehead atoms. The number of hydrogen-bond donors (Lipinski definition) is 0. The smallest absolute Gasteiger partial charge is 0.275 e. The quantitative estimate of drug-likeness (QED) is 0.781. The first-order chi connectivity index (χ1) is 11.3. The molecule has 4 heterocycles. The molecule has 0 aromatic carbocycles. The first kappa shape index (κ1) is 15.8. The van der Waals surface area contributed by atoms with Gasteiger partial charge < -0.3 is 9.47 Å². The Hall–Kier alpha value is -0.690. The van der Waals surface area contributed by atoms with Crippen LogP contribution in [0.1, 0.15) is 38.5 Å². The molecule has 6 nitrogen and oxygen atoms in total. The van der Waals surface area contributed by atoms with E-state index in [-0.39, 0.29) is 18.1 Å². The number of carbonyl (C=O) groups is 1. The Kier molecular flexibility index (Phi) is 4.85. The van der Waals surface area contributed by atoms with Crippen molar-refractivity contribution in [2.45, 2.75) is 56.8 Å². The molecule has 0 saturated carbocycles. The predicted octanol–water partition coefficient (Wildman–Crippen LogP) is 1.20. The van der Waals surface area contributed by atoms with Crippen LogP contribution in [0.3, 0.4) is 0 Å². The van der Waals surface area contributed by atoms with Crippen molar-refractivity contribution in [2.24, 2.45) is 5.92 Å². The third-order valence-electron chi connectivity index (χ3n) is 5.77. The maximum absolute atomic E-state index is 12.4. The second kappa shape index (κ2) is 7.05. The average molecular weight is 324 g/mol. The van der Waals surface area contributed by atoms with Gasteiger partial charge in [0.05, 0.1) is 19.3 Å². The molecule has 0 radical (unpaired) electrons. The molecule has 4 saturated heterocycles. The van der Waals surface area contributed by atoms with Crippen LogP contribution in [0.15, 0.2) is 0 Å². The van der Waals surface area contributed by atoms with Crippen molar-refractivity contribution in [3.63, 3.8) is 0 Å². The molecule has 0 aromatic rings. The number of hydrogen-bond acceptors (Lipinski definition) is 5. The zero-order chi connectivity index (χ0) is 15.6. The van der Waals surface area contributed by atoms with E-state index in [1.165, 1.54) is 24.4 Å². The number of rotatable bonds is 3. The van der Waals surface area contributed by atoms with Crippen LogP contribution in [0.5, 0.6) is 0 Å². The number of carbonyl (C=O) groups excluding carboxylic acids is 1. The molecule has 0 N–H and O–H groups in total. The maximum atomic E-state index is 12.4. The van der Waals surface area contributed by atoms with Gasteiger partial charge in [-0.3, -0.25) is 14.5 Å². The van der Waals surface area contributed by atoms with Gasteiger partial charge in [-0.1, -0.05) is 0 Å². The van der Waals surface area contributed by atoms with E-state index in [4.69, 9.17) is 14.3 Å². The lowest BCUT2D eigenvalue weighted by atomic mass is 9.96. The number of ether oxygens (including phenoxy) is 2. The maximum Gasteiger partial charge on any atom is 0.275 e. The summed E-state index contributed by atoms with van der Waals surface area (Å²) in [5.41, 5.74) is 0. The van der Waals surface area contributed by atoms with Crippen molar-refractivity contribution in [1.29, 1.82) is 0 Å². The molecule has 4 aliphatic rings. The molecule has 0 aliphatic carbocycles. The van der Waals surface area contributed by atoms with E-state index in [2.05, 4.69) is 4.90 Å². The Labute approximate surface area is 138 Å². The van der Waals surface area contributed by atoms with Crippen LogP contribution in [0, 0.1) is 5.92 Å². The van der Waals surface area contributed by atoms with E-state index in [0.717, 1.165) is 51.4 Å². The fourth-order valence-electron chi connectivity index (χ4n) is 4.47. The normalized spacial score (nSPS) is 36.3. The summed E-state index contributed by atoms with van der Waals surface area (Å²) in [6.45, 7) is 5.46.